The van der Waals surface area contributed by atoms with Crippen LogP contribution in [0.25, 0.3) is 22.3 Å². The molecule has 1 aliphatic rings. The summed E-state index contributed by atoms with van der Waals surface area (Å²) in [5, 5.41) is 8.87. The van der Waals surface area contributed by atoms with Crippen LogP contribution in [0.15, 0.2) is 54.9 Å². The van der Waals surface area contributed by atoms with Crippen LogP contribution >= 0.6 is 0 Å². The van der Waals surface area contributed by atoms with Crippen molar-refractivity contribution in [2.75, 3.05) is 18.0 Å². The second-order valence-corrected chi connectivity index (χ2v) is 7.05. The van der Waals surface area contributed by atoms with Crippen LogP contribution in [-0.4, -0.2) is 33.3 Å². The highest BCUT2D eigenvalue weighted by atomic mass is 19.1. The lowest BCUT2D eigenvalue weighted by Gasteiger charge is -2.33. The monoisotopic (exact) mass is 361 g/mol. The fourth-order valence-corrected chi connectivity index (χ4v) is 3.99. The van der Waals surface area contributed by atoms with E-state index in [1.807, 2.05) is 24.4 Å². The van der Waals surface area contributed by atoms with E-state index in [9.17, 15) is 4.39 Å². The van der Waals surface area contributed by atoms with Gasteiger partial charge in [-0.1, -0.05) is 6.07 Å². The van der Waals surface area contributed by atoms with Gasteiger partial charge in [-0.15, -0.1) is 0 Å². The second-order valence-electron chi connectivity index (χ2n) is 7.05. The van der Waals surface area contributed by atoms with Crippen LogP contribution in [0.1, 0.15) is 24.5 Å². The molecule has 0 bridgehead atoms. The van der Waals surface area contributed by atoms with Crippen LogP contribution in [0.4, 0.5) is 10.1 Å². The van der Waals surface area contributed by atoms with Gasteiger partial charge in [-0.25, -0.2) is 9.37 Å². The van der Waals surface area contributed by atoms with Crippen molar-refractivity contribution in [2.24, 2.45) is 0 Å². The van der Waals surface area contributed by atoms with E-state index in [4.69, 9.17) is 0 Å². The molecule has 0 spiro atoms. The number of hydrogen-bond acceptors (Lipinski definition) is 3. The number of piperidine rings is 1. The van der Waals surface area contributed by atoms with Crippen molar-refractivity contribution in [1.29, 1.82) is 0 Å². The van der Waals surface area contributed by atoms with Gasteiger partial charge in [0.25, 0.3) is 0 Å². The number of halogens is 1. The standard InChI is InChI=1S/C21H20FN5/c22-15-2-1-3-16(12-15)27-10-6-14(7-11-27)19-13-20(26-25-19)17-4-8-23-21-18(17)5-9-24-21/h1-5,8-9,12-14H,6-7,10-11H2,(H,23,24)(H,25,26). The Hall–Kier alpha value is -3.15. The summed E-state index contributed by atoms with van der Waals surface area (Å²) in [6, 6.07) is 13.0. The molecule has 136 valence electrons. The van der Waals surface area contributed by atoms with Gasteiger partial charge >= 0.3 is 0 Å². The van der Waals surface area contributed by atoms with Crippen molar-refractivity contribution >= 4 is 16.7 Å². The van der Waals surface area contributed by atoms with Crippen molar-refractivity contribution in [2.45, 2.75) is 18.8 Å². The molecule has 0 aliphatic carbocycles. The topological polar surface area (TPSA) is 60.6 Å². The van der Waals surface area contributed by atoms with Gasteiger partial charge in [0.2, 0.25) is 0 Å². The predicted molar refractivity (Wildman–Crippen MR) is 104 cm³/mol. The number of aromatic nitrogens is 4. The minimum atomic E-state index is -0.179. The Kier molecular flexibility index (Phi) is 3.89. The summed E-state index contributed by atoms with van der Waals surface area (Å²) < 4.78 is 13.5. The molecule has 1 aliphatic heterocycles. The van der Waals surface area contributed by atoms with Crippen LogP contribution in [0, 0.1) is 5.82 Å². The van der Waals surface area contributed by atoms with Crippen molar-refractivity contribution < 1.29 is 4.39 Å². The van der Waals surface area contributed by atoms with Gasteiger partial charge < -0.3 is 9.88 Å². The maximum atomic E-state index is 13.5. The molecule has 5 rings (SSSR count). The Morgan fingerprint density at radius 1 is 1.07 bits per heavy atom. The number of H-pyrrole nitrogens is 2. The van der Waals surface area contributed by atoms with E-state index in [-0.39, 0.29) is 5.82 Å². The highest BCUT2D eigenvalue weighted by Gasteiger charge is 2.23. The summed E-state index contributed by atoms with van der Waals surface area (Å²) in [6.07, 6.45) is 5.75. The van der Waals surface area contributed by atoms with Gasteiger partial charge in [0.1, 0.15) is 11.5 Å². The minimum absolute atomic E-state index is 0.179. The van der Waals surface area contributed by atoms with E-state index in [1.54, 1.807) is 18.3 Å². The number of nitrogens with zero attached hydrogens (tertiary/aromatic N) is 3. The number of nitrogens with one attached hydrogen (secondary N) is 2. The zero-order valence-corrected chi connectivity index (χ0v) is 14.8. The summed E-state index contributed by atoms with van der Waals surface area (Å²) in [5.41, 5.74) is 5.04. The molecule has 0 atom stereocenters. The van der Waals surface area contributed by atoms with E-state index in [0.29, 0.717) is 5.92 Å². The molecule has 1 fully saturated rings. The van der Waals surface area contributed by atoms with Crippen LogP contribution in [0.3, 0.4) is 0 Å². The van der Waals surface area contributed by atoms with Crippen LogP contribution in [-0.2, 0) is 0 Å². The van der Waals surface area contributed by atoms with Gasteiger partial charge in [0, 0.05) is 53.7 Å². The number of hydrogen-bond donors (Lipinski definition) is 2. The first-order chi connectivity index (χ1) is 13.3. The van der Waals surface area contributed by atoms with Crippen LogP contribution in [0.5, 0.6) is 0 Å². The van der Waals surface area contributed by atoms with E-state index < -0.39 is 0 Å². The number of benzene rings is 1. The molecule has 3 aromatic heterocycles. The van der Waals surface area contributed by atoms with Gasteiger partial charge in [0.15, 0.2) is 0 Å². The number of anilines is 1. The van der Waals surface area contributed by atoms with Crippen molar-refractivity contribution in [3.8, 4) is 11.3 Å². The Labute approximate surface area is 156 Å². The molecule has 6 heteroatoms. The lowest BCUT2D eigenvalue weighted by Crippen LogP contribution is -2.33. The number of fused-ring (bicyclic) bond motifs is 1. The third kappa shape index (κ3) is 2.97. The molecular weight excluding hydrogens is 341 g/mol. The number of pyridine rings is 1. The normalized spacial score (nSPS) is 15.5. The van der Waals surface area contributed by atoms with Gasteiger partial charge in [-0.3, -0.25) is 5.10 Å². The lowest BCUT2D eigenvalue weighted by molar-refractivity contribution is 0.495. The van der Waals surface area contributed by atoms with Crippen molar-refractivity contribution in [3.05, 3.63) is 66.4 Å². The number of rotatable bonds is 3. The molecule has 4 heterocycles. The van der Waals surface area contributed by atoms with E-state index in [0.717, 1.165) is 53.9 Å². The maximum absolute atomic E-state index is 13.5. The average molecular weight is 361 g/mol. The third-order valence-corrected chi connectivity index (χ3v) is 5.44. The fraction of sp³-hybridized carbons (Fsp3) is 0.238. The molecule has 5 nitrogen and oxygen atoms in total. The molecular formula is C21H20FN5. The summed E-state index contributed by atoms with van der Waals surface area (Å²) >= 11 is 0. The smallest absolute Gasteiger partial charge is 0.137 e. The van der Waals surface area contributed by atoms with Gasteiger partial charge in [0.05, 0.1) is 5.69 Å². The maximum Gasteiger partial charge on any atom is 0.137 e. The SMILES string of the molecule is Fc1cccc(N2CCC(c3cc(-c4ccnc5[nH]ccc45)n[nH]3)CC2)c1. The fourth-order valence-electron chi connectivity index (χ4n) is 3.99. The first-order valence-electron chi connectivity index (χ1n) is 9.26. The van der Waals surface area contributed by atoms with Crippen molar-refractivity contribution in [3.63, 3.8) is 0 Å². The zero-order valence-electron chi connectivity index (χ0n) is 14.8. The minimum Gasteiger partial charge on any atom is -0.371 e. The van der Waals surface area contributed by atoms with Crippen LogP contribution in [0.2, 0.25) is 0 Å². The molecule has 0 amide bonds. The predicted octanol–water partition coefficient (Wildman–Crippen LogP) is 4.48. The molecule has 1 aromatic carbocycles. The molecule has 0 radical (unpaired) electrons. The molecule has 0 saturated carbocycles. The summed E-state index contributed by atoms with van der Waals surface area (Å²) in [7, 11) is 0. The van der Waals surface area contributed by atoms with E-state index in [1.165, 1.54) is 11.8 Å². The third-order valence-electron chi connectivity index (χ3n) is 5.44. The summed E-state index contributed by atoms with van der Waals surface area (Å²) in [4.78, 5) is 9.74. The van der Waals surface area contributed by atoms with E-state index >= 15 is 0 Å². The van der Waals surface area contributed by atoms with Crippen LogP contribution < -0.4 is 4.90 Å². The molecule has 4 aromatic rings. The second kappa shape index (κ2) is 6.54. The highest BCUT2D eigenvalue weighted by Crippen LogP contribution is 2.32. The average Bonchev–Trinajstić information content (AvgIpc) is 3.37. The Morgan fingerprint density at radius 3 is 2.81 bits per heavy atom. The highest BCUT2D eigenvalue weighted by molar-refractivity contribution is 5.91. The lowest BCUT2D eigenvalue weighted by atomic mass is 9.92. The van der Waals surface area contributed by atoms with Gasteiger partial charge in [-0.2, -0.15) is 5.10 Å². The molecule has 0 unspecified atom stereocenters. The molecule has 27 heavy (non-hydrogen) atoms. The Morgan fingerprint density at radius 2 is 1.96 bits per heavy atom. The number of aromatic amines is 2. The molecule has 2 N–H and O–H groups in total. The largest absolute Gasteiger partial charge is 0.371 e. The van der Waals surface area contributed by atoms with Crippen molar-refractivity contribution in [1.82, 2.24) is 20.2 Å². The summed E-state index contributed by atoms with van der Waals surface area (Å²) in [5.74, 6) is 0.265. The zero-order chi connectivity index (χ0) is 18.2. The molecule has 1 saturated heterocycles. The van der Waals surface area contributed by atoms with Gasteiger partial charge in [-0.05, 0) is 49.2 Å². The first-order valence-corrected chi connectivity index (χ1v) is 9.26. The quantitative estimate of drug-likeness (QED) is 0.566. The Bertz CT molecular complexity index is 1070. The Balaban J connectivity index is 1.33. The first kappa shape index (κ1) is 16.1. The summed E-state index contributed by atoms with van der Waals surface area (Å²) in [6.45, 7) is 1.83. The van der Waals surface area contributed by atoms with E-state index in [2.05, 4.69) is 31.1 Å².